The molecule has 0 radical (unpaired) electrons. The Bertz CT molecular complexity index is 450. The first-order chi connectivity index (χ1) is 6.22. The van der Waals surface area contributed by atoms with Gasteiger partial charge in [0.2, 0.25) is 0 Å². The van der Waals surface area contributed by atoms with Gasteiger partial charge in [0.15, 0.2) is 5.06 Å². The van der Waals surface area contributed by atoms with Crippen molar-refractivity contribution in [3.8, 4) is 5.06 Å². The molecule has 1 aromatic heterocycles. The summed E-state index contributed by atoms with van der Waals surface area (Å²) < 4.78 is 1.05. The maximum Gasteiger partial charge on any atom is 0.172 e. The summed E-state index contributed by atoms with van der Waals surface area (Å²) in [5, 5.41) is 11.6. The second-order valence-electron chi connectivity index (χ2n) is 2.70. The van der Waals surface area contributed by atoms with E-state index in [2.05, 4.69) is 28.6 Å². The van der Waals surface area contributed by atoms with Gasteiger partial charge in [0, 0.05) is 15.6 Å². The molecule has 0 saturated heterocycles. The van der Waals surface area contributed by atoms with Gasteiger partial charge in [0.1, 0.15) is 0 Å². The Morgan fingerprint density at radius 1 is 1.46 bits per heavy atom. The predicted molar refractivity (Wildman–Crippen MR) is 63.4 cm³/mol. The molecule has 13 heavy (non-hydrogen) atoms. The quantitative estimate of drug-likeness (QED) is 0.599. The number of thiol groups is 1. The molecular weight excluding hydrogens is 268 g/mol. The van der Waals surface area contributed by atoms with Gasteiger partial charge in [-0.1, -0.05) is 33.3 Å². The van der Waals surface area contributed by atoms with Crippen molar-refractivity contribution in [2.24, 2.45) is 0 Å². The fraction of sp³-hybridized carbons (Fsp3) is 0.111. The van der Waals surface area contributed by atoms with E-state index in [-0.39, 0.29) is 0 Å². The molecule has 1 aromatic carbocycles. The Morgan fingerprint density at radius 3 is 2.92 bits per heavy atom. The molecule has 1 nitrogen and oxygen atoms in total. The lowest BCUT2D eigenvalue weighted by atomic mass is 10.1. The molecule has 1 N–H and O–H groups in total. The Morgan fingerprint density at radius 2 is 2.23 bits per heavy atom. The summed E-state index contributed by atoms with van der Waals surface area (Å²) >= 11 is 9.11. The van der Waals surface area contributed by atoms with E-state index in [9.17, 15) is 5.11 Å². The zero-order valence-corrected chi connectivity index (χ0v) is 9.92. The summed E-state index contributed by atoms with van der Waals surface area (Å²) in [6.07, 6.45) is 0. The fourth-order valence-electron chi connectivity index (χ4n) is 1.27. The molecule has 0 amide bonds. The van der Waals surface area contributed by atoms with Crippen molar-refractivity contribution >= 4 is 50.0 Å². The summed E-state index contributed by atoms with van der Waals surface area (Å²) in [4.78, 5) is 0.921. The summed E-state index contributed by atoms with van der Waals surface area (Å²) in [7, 11) is 0. The lowest BCUT2D eigenvalue weighted by Gasteiger charge is -1.99. The molecule has 4 heteroatoms. The van der Waals surface area contributed by atoms with Crippen LogP contribution in [0, 0.1) is 0 Å². The number of fused-ring (bicyclic) bond motifs is 1. The van der Waals surface area contributed by atoms with Crippen molar-refractivity contribution in [3.05, 3.63) is 23.8 Å². The molecule has 0 saturated carbocycles. The van der Waals surface area contributed by atoms with Gasteiger partial charge >= 0.3 is 0 Å². The second kappa shape index (κ2) is 3.52. The Labute approximate surface area is 93.9 Å². The number of rotatable bonds is 1. The van der Waals surface area contributed by atoms with Crippen LogP contribution in [-0.4, -0.2) is 5.11 Å². The first-order valence-corrected chi connectivity index (χ1v) is 6.10. The van der Waals surface area contributed by atoms with Crippen molar-refractivity contribution < 1.29 is 5.11 Å². The van der Waals surface area contributed by atoms with Crippen LogP contribution in [0.15, 0.2) is 23.1 Å². The van der Waals surface area contributed by atoms with Gasteiger partial charge < -0.3 is 5.11 Å². The number of alkyl halides is 1. The minimum Gasteiger partial charge on any atom is -0.499 e. The van der Waals surface area contributed by atoms with Gasteiger partial charge in [0.05, 0.1) is 4.70 Å². The monoisotopic (exact) mass is 274 g/mol. The highest BCUT2D eigenvalue weighted by Gasteiger charge is 2.07. The zero-order chi connectivity index (χ0) is 9.42. The number of thiophene rings is 1. The number of halogens is 1. The average Bonchev–Trinajstić information content (AvgIpc) is 2.48. The third kappa shape index (κ3) is 1.58. The first-order valence-electron chi connectivity index (χ1n) is 3.71. The van der Waals surface area contributed by atoms with Gasteiger partial charge in [-0.3, -0.25) is 0 Å². The molecule has 1 heterocycles. The molecule has 0 unspecified atom stereocenters. The molecule has 2 rings (SSSR count). The van der Waals surface area contributed by atoms with E-state index >= 15 is 0 Å². The number of benzene rings is 1. The SMILES string of the molecule is Oc1cc2c(CBr)ccc(S)c2s1. The van der Waals surface area contributed by atoms with Crippen molar-refractivity contribution in [3.63, 3.8) is 0 Å². The van der Waals surface area contributed by atoms with Gasteiger partial charge in [-0.15, -0.1) is 12.6 Å². The first kappa shape index (κ1) is 9.37. The van der Waals surface area contributed by atoms with Gasteiger partial charge in [0.25, 0.3) is 0 Å². The molecule has 0 atom stereocenters. The summed E-state index contributed by atoms with van der Waals surface area (Å²) in [6.45, 7) is 0. The molecule has 0 aliphatic carbocycles. The molecule has 0 fully saturated rings. The average molecular weight is 275 g/mol. The van der Waals surface area contributed by atoms with E-state index in [1.54, 1.807) is 6.07 Å². The number of hydrogen-bond donors (Lipinski definition) is 2. The van der Waals surface area contributed by atoms with Crippen molar-refractivity contribution in [2.75, 3.05) is 0 Å². The Balaban J connectivity index is 2.83. The summed E-state index contributed by atoms with van der Waals surface area (Å²) in [6, 6.07) is 5.76. The highest BCUT2D eigenvalue weighted by atomic mass is 79.9. The maximum atomic E-state index is 9.37. The van der Waals surface area contributed by atoms with Crippen LogP contribution in [0.2, 0.25) is 0 Å². The Hall–Kier alpha value is -0.190. The summed E-state index contributed by atoms with van der Waals surface area (Å²) in [5.74, 6) is 0. The zero-order valence-electron chi connectivity index (χ0n) is 6.62. The molecule has 0 aliphatic rings. The lowest BCUT2D eigenvalue weighted by molar-refractivity contribution is 0.491. The van der Waals surface area contributed by atoms with Crippen LogP contribution in [0.4, 0.5) is 0 Å². The van der Waals surface area contributed by atoms with E-state index < -0.39 is 0 Å². The van der Waals surface area contributed by atoms with E-state index in [0.29, 0.717) is 5.06 Å². The van der Waals surface area contributed by atoms with Crippen LogP contribution in [-0.2, 0) is 5.33 Å². The second-order valence-corrected chi connectivity index (χ2v) is 4.78. The minimum absolute atomic E-state index is 0.346. The number of hydrogen-bond acceptors (Lipinski definition) is 3. The van der Waals surface area contributed by atoms with E-state index in [0.717, 1.165) is 20.3 Å². The van der Waals surface area contributed by atoms with E-state index in [1.165, 1.54) is 16.9 Å². The molecule has 0 bridgehead atoms. The standard InChI is InChI=1S/C9H7BrOS2/c10-4-5-1-2-7(12)9-6(5)3-8(11)13-9/h1-3,11-12H,4H2. The highest BCUT2D eigenvalue weighted by Crippen LogP contribution is 2.37. The van der Waals surface area contributed by atoms with Crippen molar-refractivity contribution in [1.82, 2.24) is 0 Å². The summed E-state index contributed by atoms with van der Waals surface area (Å²) in [5.41, 5.74) is 1.18. The molecule has 0 aliphatic heterocycles. The van der Waals surface area contributed by atoms with Gasteiger partial charge in [-0.2, -0.15) is 0 Å². The topological polar surface area (TPSA) is 20.2 Å². The van der Waals surface area contributed by atoms with Crippen LogP contribution in [0.1, 0.15) is 5.56 Å². The van der Waals surface area contributed by atoms with Crippen molar-refractivity contribution in [1.29, 1.82) is 0 Å². The third-order valence-electron chi connectivity index (χ3n) is 1.88. The number of aromatic hydroxyl groups is 1. The smallest absolute Gasteiger partial charge is 0.172 e. The van der Waals surface area contributed by atoms with Gasteiger partial charge in [-0.05, 0) is 17.7 Å². The largest absolute Gasteiger partial charge is 0.499 e. The predicted octanol–water partition coefficient (Wildman–Crippen LogP) is 3.79. The maximum absolute atomic E-state index is 9.37. The van der Waals surface area contributed by atoms with Crippen LogP contribution in [0.5, 0.6) is 5.06 Å². The molecule has 2 aromatic rings. The fourth-order valence-corrected chi connectivity index (χ4v) is 2.95. The highest BCUT2D eigenvalue weighted by molar-refractivity contribution is 9.08. The third-order valence-corrected chi connectivity index (χ3v) is 3.98. The van der Waals surface area contributed by atoms with Crippen LogP contribution < -0.4 is 0 Å². The lowest BCUT2D eigenvalue weighted by Crippen LogP contribution is -1.77. The molecular formula is C9H7BrOS2. The minimum atomic E-state index is 0.346. The normalized spacial score (nSPS) is 10.9. The molecule has 68 valence electrons. The van der Waals surface area contributed by atoms with Gasteiger partial charge in [-0.25, -0.2) is 0 Å². The van der Waals surface area contributed by atoms with E-state index in [4.69, 9.17) is 0 Å². The molecule has 0 spiro atoms. The van der Waals surface area contributed by atoms with Crippen LogP contribution in [0.3, 0.4) is 0 Å². The Kier molecular flexibility index (Phi) is 2.53. The van der Waals surface area contributed by atoms with Crippen molar-refractivity contribution in [2.45, 2.75) is 10.2 Å². The van der Waals surface area contributed by atoms with E-state index in [1.807, 2.05) is 12.1 Å². The van der Waals surface area contributed by atoms with Crippen LogP contribution >= 0.6 is 39.9 Å². The van der Waals surface area contributed by atoms with Crippen LogP contribution in [0.25, 0.3) is 10.1 Å².